The van der Waals surface area contributed by atoms with Crippen LogP contribution in [0.15, 0.2) is 23.3 Å². The van der Waals surface area contributed by atoms with Crippen molar-refractivity contribution in [2.45, 2.75) is 19.9 Å². The van der Waals surface area contributed by atoms with E-state index in [1.807, 2.05) is 10.8 Å². The van der Waals surface area contributed by atoms with E-state index < -0.39 is 0 Å². The highest BCUT2D eigenvalue weighted by Gasteiger charge is 2.03. The number of oxazole rings is 1. The number of hydrogen-bond donors (Lipinski definition) is 0. The van der Waals surface area contributed by atoms with Crippen molar-refractivity contribution in [3.05, 3.63) is 18.9 Å². The van der Waals surface area contributed by atoms with Crippen molar-refractivity contribution in [3.63, 3.8) is 0 Å². The molecule has 9 heavy (non-hydrogen) atoms. The third kappa shape index (κ3) is 2.34. The maximum absolute atomic E-state index is 4.84. The maximum Gasteiger partial charge on any atom is 0.334 e. The molecule has 1 rings (SSSR count). The molecule has 52 valence electrons. The van der Waals surface area contributed by atoms with Crippen LogP contribution in [-0.2, 0) is 0 Å². The van der Waals surface area contributed by atoms with Crippen molar-refractivity contribution in [3.8, 4) is 0 Å². The average molecular weight is 239 g/mol. The van der Waals surface area contributed by atoms with Gasteiger partial charge in [0.05, 0.1) is 0 Å². The lowest BCUT2D eigenvalue weighted by Crippen LogP contribution is -3.00. The molecule has 0 spiro atoms. The molecule has 2 nitrogen and oxygen atoms in total. The Morgan fingerprint density at radius 2 is 2.11 bits per heavy atom. The first kappa shape index (κ1) is 8.94. The highest BCUT2D eigenvalue weighted by atomic mass is 127. The fourth-order valence-electron chi connectivity index (χ4n) is 0.540. The van der Waals surface area contributed by atoms with Gasteiger partial charge in [-0.25, -0.2) is 0 Å². The average Bonchev–Trinajstić information content (AvgIpc) is 2.12. The largest absolute Gasteiger partial charge is 1.00 e. The van der Waals surface area contributed by atoms with E-state index in [2.05, 4.69) is 13.8 Å². The highest BCUT2D eigenvalue weighted by Crippen LogP contribution is 1.88. The van der Waals surface area contributed by atoms with Crippen LogP contribution < -0.4 is 28.5 Å². The Kier molecular flexibility index (Phi) is 3.84. The highest BCUT2D eigenvalue weighted by molar-refractivity contribution is 4.48. The second-order valence-corrected chi connectivity index (χ2v) is 2.07. The molecule has 1 heterocycles. The molecular formula is C6H10INO. The van der Waals surface area contributed by atoms with Crippen LogP contribution in [0.1, 0.15) is 19.9 Å². The zero-order valence-electron chi connectivity index (χ0n) is 5.54. The van der Waals surface area contributed by atoms with Crippen LogP contribution in [0.5, 0.6) is 0 Å². The standard InChI is InChI=1S/C6H10NO.HI/c1-6(2)7-3-4-8-5-7;/h3-6H,1-2H3;1H/q+1;/p-1. The molecule has 0 amide bonds. The Balaban J connectivity index is 0.000000640. The summed E-state index contributed by atoms with van der Waals surface area (Å²) in [4.78, 5) is 0. The van der Waals surface area contributed by atoms with Crippen molar-refractivity contribution in [1.29, 1.82) is 0 Å². The van der Waals surface area contributed by atoms with E-state index in [1.165, 1.54) is 0 Å². The normalized spacial score (nSPS) is 9.22. The lowest BCUT2D eigenvalue weighted by atomic mass is 10.4. The number of nitrogens with zero attached hydrogens (tertiary/aromatic N) is 1. The van der Waals surface area contributed by atoms with Gasteiger partial charge >= 0.3 is 6.39 Å². The summed E-state index contributed by atoms with van der Waals surface area (Å²) in [7, 11) is 0. The molecule has 0 fully saturated rings. The van der Waals surface area contributed by atoms with Crippen molar-refractivity contribution < 1.29 is 33.0 Å². The molecule has 1 aromatic heterocycles. The van der Waals surface area contributed by atoms with Crippen LogP contribution in [0.4, 0.5) is 0 Å². The molecule has 0 saturated heterocycles. The van der Waals surface area contributed by atoms with Crippen molar-refractivity contribution >= 4 is 0 Å². The molecule has 0 aliphatic rings. The minimum atomic E-state index is 0. The van der Waals surface area contributed by atoms with E-state index in [9.17, 15) is 0 Å². The van der Waals surface area contributed by atoms with Crippen LogP contribution in [0, 0.1) is 0 Å². The summed E-state index contributed by atoms with van der Waals surface area (Å²) in [5.74, 6) is 0. The molecule has 1 aromatic rings. The van der Waals surface area contributed by atoms with Gasteiger partial charge in [-0.05, 0) is 13.8 Å². The lowest BCUT2D eigenvalue weighted by molar-refractivity contribution is -0.718. The van der Waals surface area contributed by atoms with Crippen molar-refractivity contribution in [2.24, 2.45) is 0 Å². The van der Waals surface area contributed by atoms with Gasteiger partial charge in [-0.1, -0.05) is 0 Å². The predicted octanol–water partition coefficient (Wildman–Crippen LogP) is -1.85. The van der Waals surface area contributed by atoms with Gasteiger partial charge < -0.3 is 28.4 Å². The summed E-state index contributed by atoms with van der Waals surface area (Å²) in [5.41, 5.74) is 0. The van der Waals surface area contributed by atoms with Gasteiger partial charge in [0, 0.05) is 0 Å². The van der Waals surface area contributed by atoms with E-state index in [0.717, 1.165) is 0 Å². The summed E-state index contributed by atoms with van der Waals surface area (Å²) in [5, 5.41) is 0. The first-order valence-corrected chi connectivity index (χ1v) is 2.73. The topological polar surface area (TPSA) is 17.0 Å². The zero-order valence-corrected chi connectivity index (χ0v) is 7.70. The monoisotopic (exact) mass is 239 g/mol. The molecule has 0 aliphatic heterocycles. The van der Waals surface area contributed by atoms with Gasteiger partial charge in [-0.15, -0.1) is 0 Å². The fraction of sp³-hybridized carbons (Fsp3) is 0.500. The number of aromatic nitrogens is 1. The van der Waals surface area contributed by atoms with Crippen LogP contribution in [-0.4, -0.2) is 0 Å². The van der Waals surface area contributed by atoms with Crippen LogP contribution in [0.3, 0.4) is 0 Å². The Hall–Kier alpha value is -0.0600. The first-order valence-electron chi connectivity index (χ1n) is 2.73. The minimum Gasteiger partial charge on any atom is -1.00 e. The predicted molar refractivity (Wildman–Crippen MR) is 29.3 cm³/mol. The van der Waals surface area contributed by atoms with Gasteiger partial charge in [0.1, 0.15) is 0 Å². The number of halogens is 1. The Bertz CT molecular complexity index is 148. The van der Waals surface area contributed by atoms with Gasteiger partial charge in [0.25, 0.3) is 0 Å². The summed E-state index contributed by atoms with van der Waals surface area (Å²) >= 11 is 0. The van der Waals surface area contributed by atoms with Crippen molar-refractivity contribution in [1.82, 2.24) is 0 Å². The van der Waals surface area contributed by atoms with Gasteiger partial charge in [0.15, 0.2) is 12.3 Å². The van der Waals surface area contributed by atoms with Gasteiger partial charge in [-0.2, -0.15) is 4.57 Å². The Morgan fingerprint density at radius 1 is 1.44 bits per heavy atom. The molecule has 0 bridgehead atoms. The summed E-state index contributed by atoms with van der Waals surface area (Å²) in [6.07, 6.45) is 5.27. The van der Waals surface area contributed by atoms with Crippen LogP contribution >= 0.6 is 0 Å². The van der Waals surface area contributed by atoms with Gasteiger partial charge in [0.2, 0.25) is 6.20 Å². The molecule has 0 aliphatic carbocycles. The summed E-state index contributed by atoms with van der Waals surface area (Å²) in [6, 6.07) is 0.508. The van der Waals surface area contributed by atoms with Crippen LogP contribution in [0.2, 0.25) is 0 Å². The zero-order chi connectivity index (χ0) is 5.98. The summed E-state index contributed by atoms with van der Waals surface area (Å²) < 4.78 is 6.84. The molecule has 0 radical (unpaired) electrons. The maximum atomic E-state index is 4.84. The third-order valence-electron chi connectivity index (χ3n) is 1.09. The Labute approximate surface area is 71.9 Å². The Morgan fingerprint density at radius 3 is 2.33 bits per heavy atom. The smallest absolute Gasteiger partial charge is 0.334 e. The molecular weight excluding hydrogens is 229 g/mol. The lowest BCUT2D eigenvalue weighted by Gasteiger charge is -1.89. The third-order valence-corrected chi connectivity index (χ3v) is 1.09. The molecule has 0 atom stereocenters. The van der Waals surface area contributed by atoms with E-state index in [0.29, 0.717) is 6.04 Å². The quantitative estimate of drug-likeness (QED) is 0.415. The molecule has 0 unspecified atom stereocenters. The molecule has 0 saturated carbocycles. The van der Waals surface area contributed by atoms with E-state index in [-0.39, 0.29) is 24.0 Å². The van der Waals surface area contributed by atoms with Crippen LogP contribution in [0.25, 0.3) is 0 Å². The second kappa shape index (κ2) is 3.87. The molecule has 0 aromatic carbocycles. The second-order valence-electron chi connectivity index (χ2n) is 2.07. The van der Waals surface area contributed by atoms with E-state index >= 15 is 0 Å². The van der Waals surface area contributed by atoms with E-state index in [4.69, 9.17) is 4.42 Å². The fourth-order valence-corrected chi connectivity index (χ4v) is 0.540. The van der Waals surface area contributed by atoms with E-state index in [1.54, 1.807) is 12.7 Å². The SMILES string of the molecule is CC(C)[n+]1ccoc1.[I-]. The van der Waals surface area contributed by atoms with Gasteiger partial charge in [-0.3, -0.25) is 0 Å². The minimum absolute atomic E-state index is 0. The summed E-state index contributed by atoms with van der Waals surface area (Å²) in [6.45, 7) is 4.21. The molecule has 0 N–H and O–H groups in total. The number of rotatable bonds is 1. The number of hydrogen-bond acceptors (Lipinski definition) is 1. The first-order chi connectivity index (χ1) is 3.80. The molecule has 3 heteroatoms. The van der Waals surface area contributed by atoms with Crippen molar-refractivity contribution in [2.75, 3.05) is 0 Å².